The average Bonchev–Trinajstić information content (AvgIpc) is 2.96. The Kier molecular flexibility index (Phi) is 3.60. The fraction of sp³-hybridized carbons (Fsp3) is 0.0667. The van der Waals surface area contributed by atoms with Crippen molar-refractivity contribution >= 4 is 29.2 Å². The van der Waals surface area contributed by atoms with Gasteiger partial charge in [-0.1, -0.05) is 11.6 Å². The van der Waals surface area contributed by atoms with E-state index in [-0.39, 0.29) is 23.1 Å². The summed E-state index contributed by atoms with van der Waals surface area (Å²) < 4.78 is 10.4. The maximum absolute atomic E-state index is 12.2. The first kappa shape index (κ1) is 14.2. The highest BCUT2D eigenvalue weighted by molar-refractivity contribution is 6.34. The van der Waals surface area contributed by atoms with E-state index in [2.05, 4.69) is 5.32 Å². The standard InChI is InChI=1S/C15H10ClNO5/c16-10-3-1-9(15(19)20)5-11(10)17-14(18)8-2-4-12-13(6-8)22-7-21-12/h1-6H,7H2,(H,17,18)(H,19,20). The van der Waals surface area contributed by atoms with Crippen LogP contribution in [0.15, 0.2) is 36.4 Å². The molecule has 0 unspecified atom stereocenters. The lowest BCUT2D eigenvalue weighted by molar-refractivity contribution is 0.0696. The van der Waals surface area contributed by atoms with Crippen LogP contribution in [0.2, 0.25) is 5.02 Å². The number of carboxylic acids is 1. The van der Waals surface area contributed by atoms with Crippen LogP contribution < -0.4 is 14.8 Å². The number of hydrogen-bond acceptors (Lipinski definition) is 4. The highest BCUT2D eigenvalue weighted by atomic mass is 35.5. The number of nitrogens with one attached hydrogen (secondary N) is 1. The maximum atomic E-state index is 12.2. The second-order valence-corrected chi connectivity index (χ2v) is 4.93. The molecule has 1 heterocycles. The van der Waals surface area contributed by atoms with Gasteiger partial charge >= 0.3 is 5.97 Å². The molecule has 0 aromatic heterocycles. The van der Waals surface area contributed by atoms with Crippen molar-refractivity contribution in [3.05, 3.63) is 52.5 Å². The first-order chi connectivity index (χ1) is 10.5. The SMILES string of the molecule is O=C(O)c1ccc(Cl)c(NC(=O)c2ccc3c(c2)OCO3)c1. The van der Waals surface area contributed by atoms with Gasteiger partial charge in [-0.25, -0.2) is 4.79 Å². The minimum atomic E-state index is -1.10. The Balaban J connectivity index is 1.85. The molecule has 0 spiro atoms. The molecule has 0 saturated heterocycles. The van der Waals surface area contributed by atoms with Gasteiger partial charge in [0.2, 0.25) is 6.79 Å². The minimum absolute atomic E-state index is 0.0328. The summed E-state index contributed by atoms with van der Waals surface area (Å²) in [7, 11) is 0. The summed E-state index contributed by atoms with van der Waals surface area (Å²) in [6.07, 6.45) is 0. The summed E-state index contributed by atoms with van der Waals surface area (Å²) >= 11 is 5.97. The molecule has 6 nitrogen and oxygen atoms in total. The van der Waals surface area contributed by atoms with E-state index in [9.17, 15) is 9.59 Å². The van der Waals surface area contributed by atoms with Crippen LogP contribution in [0.4, 0.5) is 5.69 Å². The predicted octanol–water partition coefficient (Wildman–Crippen LogP) is 3.02. The van der Waals surface area contributed by atoms with E-state index >= 15 is 0 Å². The molecule has 0 saturated carbocycles. The van der Waals surface area contributed by atoms with Gasteiger partial charge in [0, 0.05) is 5.56 Å². The fourth-order valence-corrected chi connectivity index (χ4v) is 2.15. The number of halogens is 1. The monoisotopic (exact) mass is 319 g/mol. The molecule has 1 aliphatic rings. The third-order valence-corrected chi connectivity index (χ3v) is 3.43. The van der Waals surface area contributed by atoms with Gasteiger partial charge in [0.05, 0.1) is 16.3 Å². The molecule has 22 heavy (non-hydrogen) atoms. The summed E-state index contributed by atoms with van der Waals surface area (Å²) in [6.45, 7) is 0.118. The van der Waals surface area contributed by atoms with Gasteiger partial charge in [0.25, 0.3) is 5.91 Å². The van der Waals surface area contributed by atoms with E-state index in [1.807, 2.05) is 0 Å². The number of aromatic carboxylic acids is 1. The zero-order valence-electron chi connectivity index (χ0n) is 11.1. The molecular formula is C15H10ClNO5. The van der Waals surface area contributed by atoms with Gasteiger partial charge < -0.3 is 19.9 Å². The van der Waals surface area contributed by atoms with E-state index in [4.69, 9.17) is 26.2 Å². The third-order valence-electron chi connectivity index (χ3n) is 3.10. The average molecular weight is 320 g/mol. The minimum Gasteiger partial charge on any atom is -0.478 e. The van der Waals surface area contributed by atoms with Crippen molar-refractivity contribution in [1.82, 2.24) is 0 Å². The summed E-state index contributed by atoms with van der Waals surface area (Å²) in [5, 5.41) is 11.8. The van der Waals surface area contributed by atoms with Gasteiger partial charge in [-0.3, -0.25) is 4.79 Å². The number of hydrogen-bond donors (Lipinski definition) is 2. The Bertz CT molecular complexity index is 775. The number of rotatable bonds is 3. The van der Waals surface area contributed by atoms with Crippen LogP contribution in [0.1, 0.15) is 20.7 Å². The Morgan fingerprint density at radius 3 is 2.55 bits per heavy atom. The first-order valence-corrected chi connectivity index (χ1v) is 6.66. The lowest BCUT2D eigenvalue weighted by Crippen LogP contribution is -2.12. The summed E-state index contributed by atoms with van der Waals surface area (Å²) in [4.78, 5) is 23.2. The highest BCUT2D eigenvalue weighted by Gasteiger charge is 2.17. The number of amides is 1. The van der Waals surface area contributed by atoms with Crippen LogP contribution >= 0.6 is 11.6 Å². The third kappa shape index (κ3) is 2.68. The van der Waals surface area contributed by atoms with Gasteiger partial charge in [-0.05, 0) is 36.4 Å². The summed E-state index contributed by atoms with van der Waals surface area (Å²) in [6, 6.07) is 8.84. The van der Waals surface area contributed by atoms with Gasteiger partial charge in [-0.15, -0.1) is 0 Å². The molecule has 2 aromatic rings. The van der Waals surface area contributed by atoms with Crippen LogP contribution in [-0.4, -0.2) is 23.8 Å². The fourth-order valence-electron chi connectivity index (χ4n) is 1.99. The molecule has 2 aromatic carbocycles. The zero-order valence-corrected chi connectivity index (χ0v) is 11.9. The van der Waals surface area contributed by atoms with E-state index in [0.29, 0.717) is 17.1 Å². The van der Waals surface area contributed by atoms with Gasteiger partial charge in [0.15, 0.2) is 11.5 Å². The van der Waals surface area contributed by atoms with Crippen molar-refractivity contribution in [3.8, 4) is 11.5 Å². The van der Waals surface area contributed by atoms with Crippen LogP contribution in [0.25, 0.3) is 0 Å². The number of carbonyl (C=O) groups is 2. The second kappa shape index (κ2) is 5.57. The molecule has 0 fully saturated rings. The van der Waals surface area contributed by atoms with Crippen molar-refractivity contribution in [1.29, 1.82) is 0 Å². The number of benzene rings is 2. The van der Waals surface area contributed by atoms with Crippen molar-refractivity contribution in [2.24, 2.45) is 0 Å². The lowest BCUT2D eigenvalue weighted by atomic mass is 10.1. The smallest absolute Gasteiger partial charge is 0.335 e. The number of carboxylic acid groups (broad SMARTS) is 1. The molecule has 112 valence electrons. The Hall–Kier alpha value is -2.73. The van der Waals surface area contributed by atoms with Crippen LogP contribution in [0, 0.1) is 0 Å². The number of ether oxygens (including phenoxy) is 2. The molecule has 0 atom stereocenters. The molecule has 3 rings (SSSR count). The summed E-state index contributed by atoms with van der Waals surface area (Å²) in [5.41, 5.74) is 0.607. The van der Waals surface area contributed by atoms with E-state index in [0.717, 1.165) is 0 Å². The van der Waals surface area contributed by atoms with Crippen molar-refractivity contribution in [3.63, 3.8) is 0 Å². The molecule has 0 aliphatic carbocycles. The van der Waals surface area contributed by atoms with Gasteiger partial charge in [0.1, 0.15) is 0 Å². The van der Waals surface area contributed by atoms with E-state index in [1.54, 1.807) is 18.2 Å². The molecule has 0 radical (unpaired) electrons. The second-order valence-electron chi connectivity index (χ2n) is 4.52. The topological polar surface area (TPSA) is 84.9 Å². The van der Waals surface area contributed by atoms with Crippen molar-refractivity contribution in [2.45, 2.75) is 0 Å². The molecule has 2 N–H and O–H groups in total. The van der Waals surface area contributed by atoms with Crippen molar-refractivity contribution < 1.29 is 24.2 Å². The van der Waals surface area contributed by atoms with E-state index < -0.39 is 11.9 Å². The number of anilines is 1. The largest absolute Gasteiger partial charge is 0.478 e. The number of carbonyl (C=O) groups excluding carboxylic acids is 1. The van der Waals surface area contributed by atoms with Crippen molar-refractivity contribution in [2.75, 3.05) is 12.1 Å². The Morgan fingerprint density at radius 1 is 1.05 bits per heavy atom. The first-order valence-electron chi connectivity index (χ1n) is 6.28. The van der Waals surface area contributed by atoms with E-state index in [1.165, 1.54) is 18.2 Å². The Labute approximate surface area is 130 Å². The van der Waals surface area contributed by atoms with Crippen LogP contribution in [0.3, 0.4) is 0 Å². The summed E-state index contributed by atoms with van der Waals surface area (Å²) in [5.74, 6) is -0.474. The molecule has 7 heteroatoms. The zero-order chi connectivity index (χ0) is 15.7. The quantitative estimate of drug-likeness (QED) is 0.908. The molecule has 1 aliphatic heterocycles. The van der Waals surface area contributed by atoms with Gasteiger partial charge in [-0.2, -0.15) is 0 Å². The highest BCUT2D eigenvalue weighted by Crippen LogP contribution is 2.33. The Morgan fingerprint density at radius 2 is 1.77 bits per heavy atom. The van der Waals surface area contributed by atoms with Crippen LogP contribution in [0.5, 0.6) is 11.5 Å². The molecular weight excluding hydrogens is 310 g/mol. The molecule has 0 bridgehead atoms. The lowest BCUT2D eigenvalue weighted by Gasteiger charge is -2.08. The van der Waals surface area contributed by atoms with Crippen LogP contribution in [-0.2, 0) is 0 Å². The molecule has 1 amide bonds. The predicted molar refractivity (Wildman–Crippen MR) is 78.9 cm³/mol. The number of fused-ring (bicyclic) bond motifs is 1. The maximum Gasteiger partial charge on any atom is 0.335 e. The normalized spacial score (nSPS) is 12.0.